The van der Waals surface area contributed by atoms with Crippen LogP contribution in [0.1, 0.15) is 29.0 Å². The Kier molecular flexibility index (Phi) is 4.03. The summed E-state index contributed by atoms with van der Waals surface area (Å²) >= 11 is 6.06. The van der Waals surface area contributed by atoms with Crippen molar-refractivity contribution in [1.82, 2.24) is 9.97 Å². The summed E-state index contributed by atoms with van der Waals surface area (Å²) in [5.74, 6) is 1.30. The Morgan fingerprint density at radius 2 is 2.16 bits per heavy atom. The molecule has 0 spiro atoms. The molecule has 1 fully saturated rings. The number of rotatable bonds is 2. The molecular formula is C20H17ClN4. The summed E-state index contributed by atoms with van der Waals surface area (Å²) in [4.78, 5) is 11.3. The van der Waals surface area contributed by atoms with Crippen LogP contribution in [0.15, 0.2) is 42.7 Å². The summed E-state index contributed by atoms with van der Waals surface area (Å²) in [6, 6.07) is 11.7. The predicted molar refractivity (Wildman–Crippen MR) is 100 cm³/mol. The quantitative estimate of drug-likeness (QED) is 0.686. The molecule has 0 aliphatic carbocycles. The lowest BCUT2D eigenvalue weighted by Crippen LogP contribution is -2.20. The number of aromatic nitrogens is 2. The Balaban J connectivity index is 1.68. The van der Waals surface area contributed by atoms with Gasteiger partial charge in [-0.25, -0.2) is 4.98 Å². The molecule has 0 amide bonds. The molecule has 0 bridgehead atoms. The molecule has 3 aromatic rings. The first-order chi connectivity index (χ1) is 12.2. The van der Waals surface area contributed by atoms with Gasteiger partial charge in [0.2, 0.25) is 0 Å². The molecule has 1 aromatic carbocycles. The molecule has 1 unspecified atom stereocenters. The molecule has 2 aromatic heterocycles. The van der Waals surface area contributed by atoms with E-state index in [2.05, 4.69) is 28.9 Å². The number of halogens is 1. The largest absolute Gasteiger partial charge is 0.356 e. The highest BCUT2D eigenvalue weighted by atomic mass is 35.5. The van der Waals surface area contributed by atoms with Crippen LogP contribution in [-0.2, 0) is 0 Å². The fourth-order valence-corrected chi connectivity index (χ4v) is 3.74. The summed E-state index contributed by atoms with van der Waals surface area (Å²) in [6.07, 6.45) is 4.87. The van der Waals surface area contributed by atoms with E-state index in [4.69, 9.17) is 16.6 Å². The molecule has 0 radical (unpaired) electrons. The minimum absolute atomic E-state index is 0.446. The number of hydrogen-bond donors (Lipinski definition) is 0. The SMILES string of the molecule is Cc1ccncc1C1CCN(c2cc(C#N)c3cc(Cl)ccc3n2)C1. The first kappa shape index (κ1) is 15.9. The standard InChI is InChI=1S/C20H17ClN4/c1-13-4-6-23-11-18(13)14-5-7-25(12-14)20-8-15(10-22)17-9-16(21)2-3-19(17)24-20/h2-4,6,8-9,11,14H,5,7,12H2,1H3. The molecule has 1 saturated heterocycles. The highest BCUT2D eigenvalue weighted by Crippen LogP contribution is 2.33. The van der Waals surface area contributed by atoms with Gasteiger partial charge in [-0.15, -0.1) is 0 Å². The van der Waals surface area contributed by atoms with E-state index in [9.17, 15) is 5.26 Å². The molecule has 3 heterocycles. The van der Waals surface area contributed by atoms with Crippen molar-refractivity contribution in [2.45, 2.75) is 19.3 Å². The van der Waals surface area contributed by atoms with Gasteiger partial charge in [0.1, 0.15) is 5.82 Å². The molecule has 1 aliphatic rings. The van der Waals surface area contributed by atoms with Gasteiger partial charge in [0, 0.05) is 41.8 Å². The first-order valence-corrected chi connectivity index (χ1v) is 8.69. The Bertz CT molecular complexity index is 993. The van der Waals surface area contributed by atoms with Crippen LogP contribution in [0.2, 0.25) is 5.02 Å². The average molecular weight is 349 g/mol. The number of aryl methyl sites for hydroxylation is 1. The summed E-state index contributed by atoms with van der Waals surface area (Å²) in [5, 5.41) is 10.9. The van der Waals surface area contributed by atoms with E-state index in [0.29, 0.717) is 16.5 Å². The minimum Gasteiger partial charge on any atom is -0.356 e. The lowest BCUT2D eigenvalue weighted by molar-refractivity contribution is 0.762. The molecule has 0 saturated carbocycles. The maximum absolute atomic E-state index is 9.51. The second kappa shape index (κ2) is 6.34. The minimum atomic E-state index is 0.446. The van der Waals surface area contributed by atoms with E-state index in [1.807, 2.05) is 30.6 Å². The summed E-state index contributed by atoms with van der Waals surface area (Å²) in [5.41, 5.74) is 4.00. The molecule has 4 nitrogen and oxygen atoms in total. The lowest BCUT2D eigenvalue weighted by atomic mass is 9.96. The zero-order chi connectivity index (χ0) is 17.4. The fraction of sp³-hybridized carbons (Fsp3) is 0.250. The van der Waals surface area contributed by atoms with E-state index >= 15 is 0 Å². The molecule has 4 rings (SSSR count). The van der Waals surface area contributed by atoms with Crippen molar-refractivity contribution in [1.29, 1.82) is 5.26 Å². The second-order valence-electron chi connectivity index (χ2n) is 6.47. The number of anilines is 1. The van der Waals surface area contributed by atoms with Gasteiger partial charge < -0.3 is 4.90 Å². The first-order valence-electron chi connectivity index (χ1n) is 8.31. The van der Waals surface area contributed by atoms with Gasteiger partial charge in [0.05, 0.1) is 17.1 Å². The number of fused-ring (bicyclic) bond motifs is 1. The van der Waals surface area contributed by atoms with E-state index in [1.54, 1.807) is 6.07 Å². The molecule has 0 N–H and O–H groups in total. The van der Waals surface area contributed by atoms with Crippen molar-refractivity contribution in [2.24, 2.45) is 0 Å². The van der Waals surface area contributed by atoms with Crippen molar-refractivity contribution in [3.8, 4) is 6.07 Å². The lowest BCUT2D eigenvalue weighted by Gasteiger charge is -2.19. The molecule has 124 valence electrons. The number of benzene rings is 1. The Labute approximate surface area is 151 Å². The molecule has 25 heavy (non-hydrogen) atoms. The van der Waals surface area contributed by atoms with E-state index in [0.717, 1.165) is 36.2 Å². The third kappa shape index (κ3) is 2.92. The van der Waals surface area contributed by atoms with Gasteiger partial charge in [-0.05, 0) is 54.8 Å². The number of pyridine rings is 2. The zero-order valence-corrected chi connectivity index (χ0v) is 14.7. The van der Waals surface area contributed by atoms with E-state index in [1.165, 1.54) is 11.1 Å². The van der Waals surface area contributed by atoms with Crippen molar-refractivity contribution in [3.63, 3.8) is 0 Å². The van der Waals surface area contributed by atoms with Crippen LogP contribution in [0.3, 0.4) is 0 Å². The van der Waals surface area contributed by atoms with Crippen LogP contribution >= 0.6 is 11.6 Å². The predicted octanol–water partition coefficient (Wildman–Crippen LogP) is 4.46. The molecule has 1 aliphatic heterocycles. The summed E-state index contributed by atoms with van der Waals surface area (Å²) in [6.45, 7) is 3.95. The van der Waals surface area contributed by atoms with Gasteiger partial charge in [-0.1, -0.05) is 11.6 Å². The van der Waals surface area contributed by atoms with Gasteiger partial charge in [0.15, 0.2) is 0 Å². The van der Waals surface area contributed by atoms with Crippen molar-refractivity contribution < 1.29 is 0 Å². The number of hydrogen-bond acceptors (Lipinski definition) is 4. The van der Waals surface area contributed by atoms with Crippen LogP contribution in [0.5, 0.6) is 0 Å². The van der Waals surface area contributed by atoms with Crippen LogP contribution in [0.25, 0.3) is 10.9 Å². The van der Waals surface area contributed by atoms with E-state index < -0.39 is 0 Å². The Morgan fingerprint density at radius 1 is 1.28 bits per heavy atom. The normalized spacial score (nSPS) is 17.0. The highest BCUT2D eigenvalue weighted by molar-refractivity contribution is 6.31. The Hall–Kier alpha value is -2.64. The smallest absolute Gasteiger partial charge is 0.130 e. The van der Waals surface area contributed by atoms with Crippen LogP contribution in [0, 0.1) is 18.3 Å². The highest BCUT2D eigenvalue weighted by Gasteiger charge is 2.26. The topological polar surface area (TPSA) is 52.8 Å². The third-order valence-electron chi connectivity index (χ3n) is 4.91. The van der Waals surface area contributed by atoms with Gasteiger partial charge in [-0.3, -0.25) is 4.98 Å². The van der Waals surface area contributed by atoms with Crippen LogP contribution < -0.4 is 4.90 Å². The van der Waals surface area contributed by atoms with Crippen molar-refractivity contribution in [3.05, 3.63) is 64.4 Å². The molecular weight excluding hydrogens is 332 g/mol. The molecule has 1 atom stereocenters. The third-order valence-corrected chi connectivity index (χ3v) is 5.14. The summed E-state index contributed by atoms with van der Waals surface area (Å²) in [7, 11) is 0. The molecule has 5 heteroatoms. The monoisotopic (exact) mass is 348 g/mol. The average Bonchev–Trinajstić information content (AvgIpc) is 3.11. The van der Waals surface area contributed by atoms with Gasteiger partial charge in [0.25, 0.3) is 0 Å². The summed E-state index contributed by atoms with van der Waals surface area (Å²) < 4.78 is 0. The maximum atomic E-state index is 9.51. The fourth-order valence-electron chi connectivity index (χ4n) is 3.56. The Morgan fingerprint density at radius 3 is 2.96 bits per heavy atom. The van der Waals surface area contributed by atoms with Gasteiger partial charge >= 0.3 is 0 Å². The van der Waals surface area contributed by atoms with Crippen molar-refractivity contribution in [2.75, 3.05) is 18.0 Å². The van der Waals surface area contributed by atoms with Crippen LogP contribution in [0.4, 0.5) is 5.82 Å². The van der Waals surface area contributed by atoms with Gasteiger partial charge in [-0.2, -0.15) is 5.26 Å². The maximum Gasteiger partial charge on any atom is 0.130 e. The van der Waals surface area contributed by atoms with Crippen LogP contribution in [-0.4, -0.2) is 23.1 Å². The second-order valence-corrected chi connectivity index (χ2v) is 6.90. The number of nitrogens with zero attached hydrogens (tertiary/aromatic N) is 4. The van der Waals surface area contributed by atoms with Crippen molar-refractivity contribution >= 4 is 28.3 Å². The number of nitriles is 1. The van der Waals surface area contributed by atoms with E-state index in [-0.39, 0.29) is 0 Å². The zero-order valence-electron chi connectivity index (χ0n) is 13.9.